The number of ether oxygens (including phenoxy) is 3. The third kappa shape index (κ3) is 2.73. The Morgan fingerprint density at radius 3 is 2.64 bits per heavy atom. The lowest BCUT2D eigenvalue weighted by molar-refractivity contribution is -0.289. The van der Waals surface area contributed by atoms with E-state index in [-0.39, 0.29) is 48.4 Å². The molecule has 6 aliphatic rings. The summed E-state index contributed by atoms with van der Waals surface area (Å²) in [4.78, 5) is 26.7. The van der Waals surface area contributed by atoms with E-state index in [2.05, 4.69) is 19.9 Å². The fourth-order valence-electron chi connectivity index (χ4n) is 10.3. The van der Waals surface area contributed by atoms with Crippen LogP contribution in [0.15, 0.2) is 11.6 Å². The summed E-state index contributed by atoms with van der Waals surface area (Å²) in [7, 11) is 0. The van der Waals surface area contributed by atoms with Gasteiger partial charge in [-0.2, -0.15) is 0 Å². The average Bonchev–Trinajstić information content (AvgIpc) is 3.53. The number of carboxylic acid groups (broad SMARTS) is 1. The smallest absolute Gasteiger partial charge is 0.315 e. The minimum Gasteiger partial charge on any atom is -0.481 e. The van der Waals surface area contributed by atoms with E-state index in [4.69, 9.17) is 14.2 Å². The molecule has 0 radical (unpaired) electrons. The van der Waals surface area contributed by atoms with Crippen molar-refractivity contribution in [1.29, 1.82) is 0 Å². The van der Waals surface area contributed by atoms with Crippen molar-refractivity contribution in [2.24, 2.45) is 57.7 Å². The molecule has 7 nitrogen and oxygen atoms in total. The van der Waals surface area contributed by atoms with Crippen molar-refractivity contribution in [3.05, 3.63) is 11.6 Å². The minimum absolute atomic E-state index is 0.0225. The molecule has 7 heteroatoms. The summed E-state index contributed by atoms with van der Waals surface area (Å²) in [5.41, 5.74) is -2.01. The first-order valence-corrected chi connectivity index (χ1v) is 14.0. The second kappa shape index (κ2) is 8.11. The van der Waals surface area contributed by atoms with E-state index in [1.54, 1.807) is 0 Å². The second-order valence-electron chi connectivity index (χ2n) is 13.3. The maximum Gasteiger partial charge on any atom is 0.315 e. The van der Waals surface area contributed by atoms with Gasteiger partial charge in [-0.05, 0) is 61.7 Å². The Bertz CT molecular complexity index is 977. The van der Waals surface area contributed by atoms with Crippen molar-refractivity contribution in [2.45, 2.75) is 84.9 Å². The van der Waals surface area contributed by atoms with E-state index in [0.29, 0.717) is 24.9 Å². The molecule has 2 heterocycles. The lowest BCUT2D eigenvalue weighted by Gasteiger charge is -2.58. The summed E-state index contributed by atoms with van der Waals surface area (Å²) in [5.74, 6) is 0.0776. The number of carbonyl (C=O) groups is 2. The Morgan fingerprint density at radius 1 is 1.22 bits per heavy atom. The van der Waals surface area contributed by atoms with Gasteiger partial charge in [-0.15, -0.1) is 0 Å². The van der Waals surface area contributed by atoms with Crippen molar-refractivity contribution in [2.75, 3.05) is 13.2 Å². The van der Waals surface area contributed by atoms with E-state index in [0.717, 1.165) is 31.1 Å². The first kappa shape index (κ1) is 25.0. The van der Waals surface area contributed by atoms with Gasteiger partial charge in [-0.25, -0.2) is 0 Å². The van der Waals surface area contributed by atoms with Crippen LogP contribution in [0.25, 0.3) is 0 Å². The third-order valence-electron chi connectivity index (χ3n) is 11.7. The quantitative estimate of drug-likeness (QED) is 0.422. The van der Waals surface area contributed by atoms with Crippen LogP contribution in [0.5, 0.6) is 0 Å². The highest BCUT2D eigenvalue weighted by Crippen LogP contribution is 2.82. The minimum atomic E-state index is -1.27. The topological polar surface area (TPSA) is 102 Å². The summed E-state index contributed by atoms with van der Waals surface area (Å²) in [6, 6.07) is 0. The van der Waals surface area contributed by atoms with Gasteiger partial charge in [0, 0.05) is 11.3 Å². The van der Waals surface area contributed by atoms with Crippen LogP contribution in [0.2, 0.25) is 0 Å². The van der Waals surface area contributed by atoms with Gasteiger partial charge in [0.15, 0.2) is 6.29 Å². The molecule has 2 saturated heterocycles. The van der Waals surface area contributed by atoms with E-state index in [9.17, 15) is 19.8 Å². The van der Waals surface area contributed by atoms with Gasteiger partial charge in [-0.1, -0.05) is 45.8 Å². The second-order valence-corrected chi connectivity index (χ2v) is 13.3. The molecule has 2 unspecified atom stereocenters. The van der Waals surface area contributed by atoms with Crippen molar-refractivity contribution >= 4 is 12.3 Å². The molecule has 4 bridgehead atoms. The summed E-state index contributed by atoms with van der Waals surface area (Å²) in [6.45, 7) is 11.1. The Morgan fingerprint density at radius 2 is 1.97 bits per heavy atom. The van der Waals surface area contributed by atoms with Crippen molar-refractivity contribution in [3.8, 4) is 0 Å². The van der Waals surface area contributed by atoms with Crippen LogP contribution in [-0.2, 0) is 23.8 Å². The summed E-state index contributed by atoms with van der Waals surface area (Å²) in [6.07, 6.45) is 4.43. The van der Waals surface area contributed by atoms with E-state index in [1.807, 2.05) is 20.8 Å². The van der Waals surface area contributed by atoms with Crippen LogP contribution < -0.4 is 0 Å². The number of aliphatic carboxylic acids is 1. The summed E-state index contributed by atoms with van der Waals surface area (Å²) in [5, 5.41) is 22.4. The number of aliphatic hydroxyl groups is 1. The van der Waals surface area contributed by atoms with Crippen LogP contribution in [0.3, 0.4) is 0 Å². The van der Waals surface area contributed by atoms with Gasteiger partial charge in [0.25, 0.3) is 0 Å². The van der Waals surface area contributed by atoms with Crippen LogP contribution in [0.4, 0.5) is 0 Å². The monoisotopic (exact) mass is 502 g/mol. The van der Waals surface area contributed by atoms with E-state index >= 15 is 0 Å². The Labute approximate surface area is 213 Å². The number of aldehydes is 1. The zero-order chi connectivity index (χ0) is 25.8. The molecular formula is C29H42O7. The number of carbonyl (C=O) groups excluding carboxylic acids is 1. The molecular weight excluding hydrogens is 460 g/mol. The van der Waals surface area contributed by atoms with E-state index < -0.39 is 34.6 Å². The number of fused-ring (bicyclic) bond motifs is 3. The van der Waals surface area contributed by atoms with Crippen LogP contribution in [-0.4, -0.2) is 60.3 Å². The van der Waals surface area contributed by atoms with Crippen molar-refractivity contribution < 1.29 is 34.0 Å². The van der Waals surface area contributed by atoms with Crippen molar-refractivity contribution in [1.82, 2.24) is 0 Å². The molecule has 3 saturated carbocycles. The zero-order valence-electron chi connectivity index (χ0n) is 22.2. The van der Waals surface area contributed by atoms with Crippen LogP contribution in [0, 0.1) is 57.7 Å². The molecule has 0 spiro atoms. The highest BCUT2D eigenvalue weighted by Gasteiger charge is 2.84. The molecule has 0 aromatic rings. The van der Waals surface area contributed by atoms with Crippen LogP contribution in [0.1, 0.15) is 60.3 Å². The number of rotatable bonds is 6. The Kier molecular flexibility index (Phi) is 5.64. The molecule has 200 valence electrons. The van der Waals surface area contributed by atoms with Gasteiger partial charge in [0.1, 0.15) is 17.8 Å². The SMILES string of the molecule is CC(C)C1=C[C@H]2C[C@]3(C=O)[C@@H]4CC[C@@H](C)[C@H]4CC2(CO[C@@H]2O[C@H](C)[C@H]4OC[C@@H](C)[C@H]4[C@@H]2O)C13C(=O)O. The Hall–Kier alpha value is -1.28. The molecule has 4 aliphatic carbocycles. The standard InChI is InChI=1S/C29H42O7/c1-14(2)21-8-18-9-27(12-30)20-7-6-15(3)19(20)10-28(18,29(21,27)26(32)33)13-35-25-23(31)22-16(4)11-34-24(22)17(5)36-25/h8,12,14-20,22-25,31H,6-7,9-11,13H2,1-5H3,(H,32,33)/t15-,16-,17-,18+,19-,20-,22+,23+,24-,25-,27+,28?,29?/m1/s1. The zero-order valence-corrected chi connectivity index (χ0v) is 22.2. The van der Waals surface area contributed by atoms with Crippen LogP contribution >= 0.6 is 0 Å². The number of carboxylic acids is 1. The first-order valence-electron chi connectivity index (χ1n) is 14.0. The largest absolute Gasteiger partial charge is 0.481 e. The average molecular weight is 503 g/mol. The maximum atomic E-state index is 13.6. The molecule has 36 heavy (non-hydrogen) atoms. The third-order valence-corrected chi connectivity index (χ3v) is 11.7. The lowest BCUT2D eigenvalue weighted by atomic mass is 9.43. The normalized spacial score (nSPS) is 54.9. The molecule has 5 fully saturated rings. The molecule has 2 aliphatic heterocycles. The van der Waals surface area contributed by atoms with Gasteiger partial charge in [0.2, 0.25) is 0 Å². The molecule has 0 aromatic carbocycles. The van der Waals surface area contributed by atoms with Gasteiger partial charge >= 0.3 is 5.97 Å². The van der Waals surface area contributed by atoms with Gasteiger partial charge in [0.05, 0.1) is 30.8 Å². The highest BCUT2D eigenvalue weighted by atomic mass is 16.7. The molecule has 0 aromatic heterocycles. The van der Waals surface area contributed by atoms with E-state index in [1.165, 1.54) is 0 Å². The fourth-order valence-corrected chi connectivity index (χ4v) is 10.3. The summed E-state index contributed by atoms with van der Waals surface area (Å²) < 4.78 is 18.5. The predicted molar refractivity (Wildman–Crippen MR) is 131 cm³/mol. The predicted octanol–water partition coefficient (Wildman–Crippen LogP) is 3.68. The summed E-state index contributed by atoms with van der Waals surface area (Å²) >= 11 is 0. The lowest BCUT2D eigenvalue weighted by Crippen LogP contribution is -2.64. The van der Waals surface area contributed by atoms with Gasteiger partial charge < -0.3 is 29.2 Å². The first-order chi connectivity index (χ1) is 17.1. The van der Waals surface area contributed by atoms with Gasteiger partial charge in [-0.3, -0.25) is 4.79 Å². The molecule has 6 rings (SSSR count). The molecule has 13 atom stereocenters. The highest BCUT2D eigenvalue weighted by molar-refractivity contribution is 5.90. The fraction of sp³-hybridized carbons (Fsp3) is 0.862. The van der Waals surface area contributed by atoms with Crippen molar-refractivity contribution in [3.63, 3.8) is 0 Å². The maximum absolute atomic E-state index is 13.6. The molecule has 2 N–H and O–H groups in total. The number of aliphatic hydroxyl groups excluding tert-OH is 1. The number of hydrogen-bond acceptors (Lipinski definition) is 6. The number of allylic oxidation sites excluding steroid dienone is 1. The Balaban J connectivity index is 1.40. The molecule has 0 amide bonds. The number of hydrogen-bond donors (Lipinski definition) is 2.